The van der Waals surface area contributed by atoms with Crippen LogP contribution in [-0.2, 0) is 0 Å². The van der Waals surface area contributed by atoms with Crippen LogP contribution in [0.25, 0.3) is 11.0 Å². The first kappa shape index (κ1) is 15.4. The average Bonchev–Trinajstić information content (AvgIpc) is 2.97. The number of methoxy groups -OCH3 is 2. The lowest BCUT2D eigenvalue weighted by Gasteiger charge is -2.10. The van der Waals surface area contributed by atoms with Crippen LogP contribution in [0.1, 0.15) is 5.56 Å². The number of hydrogen-bond donors (Lipinski definition) is 2. The Labute approximate surface area is 141 Å². The molecule has 3 aromatic rings. The first-order valence-electron chi connectivity index (χ1n) is 6.86. The van der Waals surface area contributed by atoms with Crippen LogP contribution in [-0.4, -0.2) is 30.4 Å². The van der Waals surface area contributed by atoms with Crippen molar-refractivity contribution >= 4 is 39.1 Å². The lowest BCUT2D eigenvalue weighted by molar-refractivity contribution is 0.353. The molecule has 0 aliphatic rings. The number of ether oxygens (including phenoxy) is 2. The van der Waals surface area contributed by atoms with Crippen LogP contribution in [0.2, 0.25) is 0 Å². The van der Waals surface area contributed by atoms with Gasteiger partial charge in [0.2, 0.25) is 5.95 Å². The van der Waals surface area contributed by atoms with Crippen molar-refractivity contribution in [3.63, 3.8) is 0 Å². The number of fused-ring (bicyclic) bond motifs is 1. The number of aromatic amines is 1. The number of H-pyrrole nitrogens is 1. The van der Waals surface area contributed by atoms with Gasteiger partial charge in [0.1, 0.15) is 0 Å². The van der Waals surface area contributed by atoms with E-state index in [9.17, 15) is 0 Å². The molecule has 0 amide bonds. The van der Waals surface area contributed by atoms with E-state index in [1.807, 2.05) is 36.4 Å². The molecular formula is C16H15BrN4O2. The number of anilines is 1. The molecule has 0 aliphatic carbocycles. The van der Waals surface area contributed by atoms with Crippen LogP contribution >= 0.6 is 15.9 Å². The largest absolute Gasteiger partial charge is 0.493 e. The smallest absolute Gasteiger partial charge is 0.222 e. The van der Waals surface area contributed by atoms with E-state index in [0.717, 1.165) is 21.1 Å². The number of rotatable bonds is 5. The van der Waals surface area contributed by atoms with E-state index in [2.05, 4.69) is 36.4 Å². The fourth-order valence-electron chi connectivity index (χ4n) is 2.19. The van der Waals surface area contributed by atoms with Crippen molar-refractivity contribution in [2.45, 2.75) is 0 Å². The van der Waals surface area contributed by atoms with Crippen molar-refractivity contribution in [3.05, 3.63) is 46.4 Å². The molecule has 6 nitrogen and oxygen atoms in total. The summed E-state index contributed by atoms with van der Waals surface area (Å²) in [7, 11) is 3.19. The summed E-state index contributed by atoms with van der Waals surface area (Å²) in [6.45, 7) is 0. The monoisotopic (exact) mass is 374 g/mol. The lowest BCUT2D eigenvalue weighted by Crippen LogP contribution is -1.95. The molecule has 0 atom stereocenters. The van der Waals surface area contributed by atoms with E-state index in [1.54, 1.807) is 20.4 Å². The molecule has 0 unspecified atom stereocenters. The Balaban J connectivity index is 1.78. The highest BCUT2D eigenvalue weighted by atomic mass is 79.9. The molecule has 23 heavy (non-hydrogen) atoms. The van der Waals surface area contributed by atoms with Gasteiger partial charge in [-0.15, -0.1) is 0 Å². The highest BCUT2D eigenvalue weighted by Gasteiger charge is 2.09. The molecule has 7 heteroatoms. The van der Waals surface area contributed by atoms with Gasteiger partial charge in [0.25, 0.3) is 0 Å². The molecule has 2 N–H and O–H groups in total. The van der Waals surface area contributed by atoms with Gasteiger partial charge in [0.05, 0.1) is 35.9 Å². The molecular weight excluding hydrogens is 360 g/mol. The summed E-state index contributed by atoms with van der Waals surface area (Å²) in [6.07, 6.45) is 1.68. The van der Waals surface area contributed by atoms with Crippen molar-refractivity contribution in [1.82, 2.24) is 9.97 Å². The number of benzene rings is 2. The summed E-state index contributed by atoms with van der Waals surface area (Å²) in [6, 6.07) is 11.5. The Morgan fingerprint density at radius 3 is 2.78 bits per heavy atom. The first-order valence-corrected chi connectivity index (χ1v) is 7.66. The standard InChI is InChI=1S/C16H15BrN4O2/c1-22-14-8-10(7-11(17)15(14)23-2)9-18-21-16-19-12-5-3-4-6-13(12)20-16/h3-9H,1-2H3,(H2,19,20,21)/b18-9+. The molecule has 0 aliphatic heterocycles. The van der Waals surface area contributed by atoms with Gasteiger partial charge >= 0.3 is 0 Å². The van der Waals surface area contributed by atoms with E-state index in [-0.39, 0.29) is 0 Å². The maximum absolute atomic E-state index is 5.31. The van der Waals surface area contributed by atoms with E-state index >= 15 is 0 Å². The maximum Gasteiger partial charge on any atom is 0.222 e. The Morgan fingerprint density at radius 1 is 1.22 bits per heavy atom. The third-order valence-electron chi connectivity index (χ3n) is 3.23. The minimum absolute atomic E-state index is 0.585. The SMILES string of the molecule is COc1cc(/C=N/Nc2nc3ccccc3[nH]2)cc(Br)c1OC. The summed E-state index contributed by atoms with van der Waals surface area (Å²) >= 11 is 3.45. The number of para-hydroxylation sites is 2. The van der Waals surface area contributed by atoms with Crippen LogP contribution in [0.15, 0.2) is 46.0 Å². The van der Waals surface area contributed by atoms with E-state index in [1.165, 1.54) is 0 Å². The van der Waals surface area contributed by atoms with Gasteiger partial charge in [-0.25, -0.2) is 10.4 Å². The Hall–Kier alpha value is -2.54. The molecule has 2 aromatic carbocycles. The van der Waals surface area contributed by atoms with Crippen LogP contribution in [0.5, 0.6) is 11.5 Å². The zero-order chi connectivity index (χ0) is 16.2. The van der Waals surface area contributed by atoms with Crippen molar-refractivity contribution in [2.24, 2.45) is 5.10 Å². The summed E-state index contributed by atoms with van der Waals surface area (Å²) in [5.74, 6) is 1.86. The maximum atomic E-state index is 5.31. The summed E-state index contributed by atoms with van der Waals surface area (Å²) in [5.41, 5.74) is 5.59. The Kier molecular flexibility index (Phi) is 4.47. The number of hydrogen-bond acceptors (Lipinski definition) is 5. The summed E-state index contributed by atoms with van der Waals surface area (Å²) in [5, 5.41) is 4.19. The quantitative estimate of drug-likeness (QED) is 0.526. The lowest BCUT2D eigenvalue weighted by atomic mass is 10.2. The fraction of sp³-hybridized carbons (Fsp3) is 0.125. The minimum atomic E-state index is 0.585. The molecule has 0 saturated heterocycles. The molecule has 1 aromatic heterocycles. The predicted molar refractivity (Wildman–Crippen MR) is 94.6 cm³/mol. The Morgan fingerprint density at radius 2 is 2.04 bits per heavy atom. The number of aromatic nitrogens is 2. The van der Waals surface area contributed by atoms with Crippen molar-refractivity contribution < 1.29 is 9.47 Å². The van der Waals surface area contributed by atoms with Gasteiger partial charge in [0, 0.05) is 0 Å². The molecule has 3 rings (SSSR count). The number of hydrazone groups is 1. The van der Waals surface area contributed by atoms with Gasteiger partial charge in [-0.05, 0) is 45.8 Å². The van der Waals surface area contributed by atoms with E-state index < -0.39 is 0 Å². The van der Waals surface area contributed by atoms with E-state index in [4.69, 9.17) is 9.47 Å². The fourth-order valence-corrected chi connectivity index (χ4v) is 2.81. The zero-order valence-corrected chi connectivity index (χ0v) is 14.2. The zero-order valence-electron chi connectivity index (χ0n) is 12.6. The summed E-state index contributed by atoms with van der Waals surface area (Å²) < 4.78 is 11.4. The predicted octanol–water partition coefficient (Wildman–Crippen LogP) is 3.79. The first-order chi connectivity index (χ1) is 11.2. The van der Waals surface area contributed by atoms with Crippen LogP contribution < -0.4 is 14.9 Å². The third kappa shape index (κ3) is 3.29. The molecule has 0 radical (unpaired) electrons. The average molecular weight is 375 g/mol. The second-order valence-corrected chi connectivity index (χ2v) is 5.57. The molecule has 0 spiro atoms. The van der Waals surface area contributed by atoms with Crippen molar-refractivity contribution in [2.75, 3.05) is 19.6 Å². The number of halogens is 1. The van der Waals surface area contributed by atoms with Gasteiger partial charge in [-0.3, -0.25) is 0 Å². The van der Waals surface area contributed by atoms with Gasteiger partial charge < -0.3 is 14.5 Å². The third-order valence-corrected chi connectivity index (χ3v) is 3.82. The Bertz CT molecular complexity index is 827. The normalized spacial score (nSPS) is 11.1. The van der Waals surface area contributed by atoms with E-state index in [0.29, 0.717) is 17.4 Å². The van der Waals surface area contributed by atoms with Crippen molar-refractivity contribution in [1.29, 1.82) is 0 Å². The highest BCUT2D eigenvalue weighted by molar-refractivity contribution is 9.10. The number of nitrogens with one attached hydrogen (secondary N) is 2. The topological polar surface area (TPSA) is 71.5 Å². The molecule has 0 fully saturated rings. The number of imidazole rings is 1. The molecule has 118 valence electrons. The van der Waals surface area contributed by atoms with Crippen LogP contribution in [0, 0.1) is 0 Å². The second kappa shape index (κ2) is 6.70. The molecule has 1 heterocycles. The van der Waals surface area contributed by atoms with Crippen molar-refractivity contribution in [3.8, 4) is 11.5 Å². The minimum Gasteiger partial charge on any atom is -0.493 e. The van der Waals surface area contributed by atoms with Gasteiger partial charge in [-0.2, -0.15) is 5.10 Å². The molecule has 0 bridgehead atoms. The summed E-state index contributed by atoms with van der Waals surface area (Å²) in [4.78, 5) is 7.53. The number of nitrogens with zero attached hydrogens (tertiary/aromatic N) is 2. The second-order valence-electron chi connectivity index (χ2n) is 4.71. The highest BCUT2D eigenvalue weighted by Crippen LogP contribution is 2.35. The molecule has 0 saturated carbocycles. The van der Waals surface area contributed by atoms with Crippen LogP contribution in [0.4, 0.5) is 5.95 Å². The van der Waals surface area contributed by atoms with Crippen LogP contribution in [0.3, 0.4) is 0 Å². The van der Waals surface area contributed by atoms with Gasteiger partial charge in [-0.1, -0.05) is 12.1 Å². The van der Waals surface area contributed by atoms with Gasteiger partial charge in [0.15, 0.2) is 11.5 Å².